The molecule has 0 amide bonds. The second kappa shape index (κ2) is 4.54. The van der Waals surface area contributed by atoms with Crippen LogP contribution in [0.4, 0.5) is 5.69 Å². The van der Waals surface area contributed by atoms with Gasteiger partial charge in [0.15, 0.2) is 0 Å². The molecule has 0 aromatic heterocycles. The van der Waals surface area contributed by atoms with Crippen molar-refractivity contribution in [1.29, 1.82) is 0 Å². The van der Waals surface area contributed by atoms with E-state index < -0.39 is 4.92 Å². The molecule has 0 saturated carbocycles. The standard InChI is InChI=1S/C10H11NO4/c1-3-10(12)15-8-4-5-9(11(13)14)7(2)6-8/h4-6H,3H2,1-2H3. The van der Waals surface area contributed by atoms with Gasteiger partial charge in [-0.15, -0.1) is 0 Å². The Morgan fingerprint density at radius 3 is 2.67 bits per heavy atom. The van der Waals surface area contributed by atoms with Crippen LogP contribution in [0.5, 0.6) is 5.75 Å². The Balaban J connectivity index is 2.91. The van der Waals surface area contributed by atoms with Crippen molar-refractivity contribution in [2.24, 2.45) is 0 Å². The van der Waals surface area contributed by atoms with Gasteiger partial charge in [0.1, 0.15) is 5.75 Å². The number of hydrogen-bond donors (Lipinski definition) is 0. The van der Waals surface area contributed by atoms with Gasteiger partial charge in [0.05, 0.1) is 4.92 Å². The smallest absolute Gasteiger partial charge is 0.310 e. The van der Waals surface area contributed by atoms with Crippen LogP contribution < -0.4 is 4.74 Å². The van der Waals surface area contributed by atoms with Gasteiger partial charge in [-0.1, -0.05) is 6.92 Å². The van der Waals surface area contributed by atoms with Crippen LogP contribution >= 0.6 is 0 Å². The topological polar surface area (TPSA) is 69.4 Å². The Labute approximate surface area is 86.8 Å². The third-order valence-electron chi connectivity index (χ3n) is 1.89. The van der Waals surface area contributed by atoms with Crippen molar-refractivity contribution in [2.75, 3.05) is 0 Å². The lowest BCUT2D eigenvalue weighted by molar-refractivity contribution is -0.385. The van der Waals surface area contributed by atoms with Crippen LogP contribution in [-0.4, -0.2) is 10.9 Å². The first-order chi connectivity index (χ1) is 7.04. The lowest BCUT2D eigenvalue weighted by Gasteiger charge is -2.03. The highest BCUT2D eigenvalue weighted by atomic mass is 16.6. The highest BCUT2D eigenvalue weighted by Gasteiger charge is 2.11. The molecule has 1 rings (SSSR count). The minimum atomic E-state index is -0.471. The van der Waals surface area contributed by atoms with E-state index in [9.17, 15) is 14.9 Å². The largest absolute Gasteiger partial charge is 0.427 e. The van der Waals surface area contributed by atoms with Crippen LogP contribution in [0.1, 0.15) is 18.9 Å². The van der Waals surface area contributed by atoms with E-state index in [4.69, 9.17) is 4.74 Å². The number of esters is 1. The summed E-state index contributed by atoms with van der Waals surface area (Å²) >= 11 is 0. The Hall–Kier alpha value is -1.91. The van der Waals surface area contributed by atoms with Crippen molar-refractivity contribution in [3.63, 3.8) is 0 Å². The maximum absolute atomic E-state index is 11.0. The van der Waals surface area contributed by atoms with E-state index in [1.807, 2.05) is 0 Å². The summed E-state index contributed by atoms with van der Waals surface area (Å²) in [6, 6.07) is 4.22. The molecule has 0 fully saturated rings. The van der Waals surface area contributed by atoms with Crippen LogP contribution in [0, 0.1) is 17.0 Å². The quantitative estimate of drug-likeness (QED) is 0.331. The van der Waals surface area contributed by atoms with Crippen molar-refractivity contribution >= 4 is 11.7 Å². The average molecular weight is 209 g/mol. The average Bonchev–Trinajstić information content (AvgIpc) is 2.17. The molecule has 0 N–H and O–H groups in total. The SMILES string of the molecule is CCC(=O)Oc1ccc([N+](=O)[O-])c(C)c1. The molecule has 15 heavy (non-hydrogen) atoms. The van der Waals surface area contributed by atoms with Crippen LogP contribution in [0.25, 0.3) is 0 Å². The highest BCUT2D eigenvalue weighted by molar-refractivity contribution is 5.72. The maximum atomic E-state index is 11.0. The number of nitro groups is 1. The number of benzene rings is 1. The fourth-order valence-corrected chi connectivity index (χ4v) is 1.10. The Bertz CT molecular complexity index is 400. The molecule has 0 aliphatic rings. The first kappa shape index (κ1) is 11.2. The zero-order valence-corrected chi connectivity index (χ0v) is 8.52. The molecular formula is C10H11NO4. The molecular weight excluding hydrogens is 198 g/mol. The Kier molecular flexibility index (Phi) is 3.38. The van der Waals surface area contributed by atoms with Gasteiger partial charge in [0.2, 0.25) is 0 Å². The van der Waals surface area contributed by atoms with Gasteiger partial charge < -0.3 is 4.74 Å². The zero-order chi connectivity index (χ0) is 11.4. The van der Waals surface area contributed by atoms with Gasteiger partial charge in [-0.05, 0) is 19.1 Å². The number of nitro benzene ring substituents is 1. The van der Waals surface area contributed by atoms with Gasteiger partial charge in [-0.25, -0.2) is 0 Å². The van der Waals surface area contributed by atoms with Gasteiger partial charge >= 0.3 is 5.97 Å². The maximum Gasteiger partial charge on any atom is 0.310 e. The molecule has 0 unspecified atom stereocenters. The molecule has 0 heterocycles. The van der Waals surface area contributed by atoms with E-state index in [1.54, 1.807) is 13.8 Å². The fourth-order valence-electron chi connectivity index (χ4n) is 1.10. The number of aryl methyl sites for hydroxylation is 1. The Morgan fingerprint density at radius 1 is 1.53 bits per heavy atom. The van der Waals surface area contributed by atoms with Gasteiger partial charge in [-0.2, -0.15) is 0 Å². The third kappa shape index (κ3) is 2.77. The summed E-state index contributed by atoms with van der Waals surface area (Å²) in [6.07, 6.45) is 0.274. The summed E-state index contributed by atoms with van der Waals surface area (Å²) in [6.45, 7) is 3.28. The van der Waals surface area contributed by atoms with Gasteiger partial charge in [-0.3, -0.25) is 14.9 Å². The molecule has 1 aromatic carbocycles. The van der Waals surface area contributed by atoms with Crippen LogP contribution in [0.15, 0.2) is 18.2 Å². The lowest BCUT2D eigenvalue weighted by Crippen LogP contribution is -2.05. The highest BCUT2D eigenvalue weighted by Crippen LogP contribution is 2.23. The Morgan fingerprint density at radius 2 is 2.20 bits per heavy atom. The first-order valence-corrected chi connectivity index (χ1v) is 4.50. The summed E-state index contributed by atoms with van der Waals surface area (Å²) in [7, 11) is 0. The molecule has 5 nitrogen and oxygen atoms in total. The fraction of sp³-hybridized carbons (Fsp3) is 0.300. The van der Waals surface area contributed by atoms with Crippen molar-refractivity contribution in [3.05, 3.63) is 33.9 Å². The van der Waals surface area contributed by atoms with E-state index in [2.05, 4.69) is 0 Å². The van der Waals surface area contributed by atoms with Crippen molar-refractivity contribution < 1.29 is 14.5 Å². The number of nitrogens with zero attached hydrogens (tertiary/aromatic N) is 1. The molecule has 0 radical (unpaired) electrons. The van der Waals surface area contributed by atoms with E-state index in [0.29, 0.717) is 11.3 Å². The van der Waals surface area contributed by atoms with E-state index in [-0.39, 0.29) is 18.1 Å². The molecule has 1 aromatic rings. The van der Waals surface area contributed by atoms with E-state index in [0.717, 1.165) is 0 Å². The third-order valence-corrected chi connectivity index (χ3v) is 1.89. The predicted octanol–water partition coefficient (Wildman–Crippen LogP) is 2.22. The van der Waals surface area contributed by atoms with E-state index >= 15 is 0 Å². The number of rotatable bonds is 3. The number of carbonyl (C=O) groups is 1. The first-order valence-electron chi connectivity index (χ1n) is 4.50. The summed E-state index contributed by atoms with van der Waals surface area (Å²) in [5, 5.41) is 10.5. The summed E-state index contributed by atoms with van der Waals surface area (Å²) in [5.74, 6) is -0.0202. The number of hydrogen-bond acceptors (Lipinski definition) is 4. The lowest BCUT2D eigenvalue weighted by atomic mass is 10.2. The van der Waals surface area contributed by atoms with Crippen LogP contribution in [-0.2, 0) is 4.79 Å². The normalized spacial score (nSPS) is 9.73. The molecule has 0 spiro atoms. The summed E-state index contributed by atoms with van der Waals surface area (Å²) < 4.78 is 4.92. The van der Waals surface area contributed by atoms with Crippen molar-refractivity contribution in [2.45, 2.75) is 20.3 Å². The van der Waals surface area contributed by atoms with Crippen LogP contribution in [0.3, 0.4) is 0 Å². The minimum absolute atomic E-state index is 0.0197. The monoisotopic (exact) mass is 209 g/mol. The van der Waals surface area contributed by atoms with Crippen molar-refractivity contribution in [1.82, 2.24) is 0 Å². The number of carbonyl (C=O) groups excluding carboxylic acids is 1. The van der Waals surface area contributed by atoms with E-state index in [1.165, 1.54) is 18.2 Å². The zero-order valence-electron chi connectivity index (χ0n) is 8.52. The van der Waals surface area contributed by atoms with Gasteiger partial charge in [0.25, 0.3) is 5.69 Å². The molecule has 0 aliphatic heterocycles. The molecule has 0 bridgehead atoms. The second-order valence-corrected chi connectivity index (χ2v) is 3.03. The number of ether oxygens (including phenoxy) is 1. The minimum Gasteiger partial charge on any atom is -0.427 e. The molecule has 0 saturated heterocycles. The van der Waals surface area contributed by atoms with Crippen LogP contribution in [0.2, 0.25) is 0 Å². The molecule has 80 valence electrons. The molecule has 0 aliphatic carbocycles. The van der Waals surface area contributed by atoms with Crippen molar-refractivity contribution in [3.8, 4) is 5.75 Å². The molecule has 5 heteroatoms. The summed E-state index contributed by atoms with van der Waals surface area (Å²) in [5.41, 5.74) is 0.493. The van der Waals surface area contributed by atoms with Gasteiger partial charge in [0, 0.05) is 18.1 Å². The predicted molar refractivity (Wildman–Crippen MR) is 53.8 cm³/mol. The summed E-state index contributed by atoms with van der Waals surface area (Å²) in [4.78, 5) is 21.0. The second-order valence-electron chi connectivity index (χ2n) is 3.03. The molecule has 0 atom stereocenters.